The molecule has 0 aliphatic carbocycles. The van der Waals surface area contributed by atoms with Crippen LogP contribution in [0.25, 0.3) is 0 Å². The first-order valence-electron chi connectivity index (χ1n) is 5.87. The van der Waals surface area contributed by atoms with Gasteiger partial charge in [-0.1, -0.05) is 6.07 Å². The van der Waals surface area contributed by atoms with Gasteiger partial charge in [0.15, 0.2) is 0 Å². The van der Waals surface area contributed by atoms with E-state index in [2.05, 4.69) is 4.72 Å². The van der Waals surface area contributed by atoms with Crippen molar-refractivity contribution in [3.8, 4) is 5.75 Å². The highest BCUT2D eigenvalue weighted by atomic mass is 32.2. The highest BCUT2D eigenvalue weighted by molar-refractivity contribution is 7.89. The van der Waals surface area contributed by atoms with Crippen LogP contribution >= 0.6 is 11.3 Å². The molecule has 0 saturated heterocycles. The first-order valence-corrected chi connectivity index (χ1v) is 8.29. The molecule has 1 aromatic heterocycles. The largest absolute Gasteiger partial charge is 0.497 e. The predicted octanol–water partition coefficient (Wildman–Crippen LogP) is 1.77. The molecule has 20 heavy (non-hydrogen) atoms. The third-order valence-electron chi connectivity index (χ3n) is 2.75. The zero-order valence-electron chi connectivity index (χ0n) is 10.8. The Kier molecular flexibility index (Phi) is 4.77. The van der Waals surface area contributed by atoms with Crippen molar-refractivity contribution in [3.05, 3.63) is 46.7 Å². The molecular weight excluding hydrogens is 298 g/mol. The summed E-state index contributed by atoms with van der Waals surface area (Å²) in [4.78, 5) is 0.106. The van der Waals surface area contributed by atoms with Crippen molar-refractivity contribution in [1.82, 2.24) is 4.72 Å². The summed E-state index contributed by atoms with van der Waals surface area (Å²) < 4.78 is 31.6. The fourth-order valence-corrected chi connectivity index (χ4v) is 3.40. The summed E-state index contributed by atoms with van der Waals surface area (Å²) in [5.41, 5.74) is 0.698. The number of hydrogen-bond donors (Lipinski definition) is 2. The van der Waals surface area contributed by atoms with E-state index < -0.39 is 16.1 Å². The topological polar surface area (TPSA) is 75.6 Å². The number of rotatable bonds is 6. The molecule has 1 unspecified atom stereocenters. The molecule has 2 rings (SSSR count). The van der Waals surface area contributed by atoms with Gasteiger partial charge in [-0.15, -0.1) is 0 Å². The van der Waals surface area contributed by atoms with Crippen LogP contribution in [-0.2, 0) is 10.0 Å². The molecule has 0 saturated carbocycles. The Hall–Kier alpha value is -1.41. The molecule has 0 radical (unpaired) electrons. The molecular formula is C13H15NO4S2. The molecule has 5 nitrogen and oxygen atoms in total. The first kappa shape index (κ1) is 15.0. The molecule has 7 heteroatoms. The molecule has 0 aliphatic rings. The van der Waals surface area contributed by atoms with Crippen molar-refractivity contribution in [2.75, 3.05) is 13.7 Å². The van der Waals surface area contributed by atoms with Crippen LogP contribution in [0.15, 0.2) is 46.0 Å². The first-order chi connectivity index (χ1) is 9.53. The highest BCUT2D eigenvalue weighted by Crippen LogP contribution is 2.19. The Labute approximate surface area is 121 Å². The lowest BCUT2D eigenvalue weighted by Gasteiger charge is -2.11. The SMILES string of the molecule is COc1cccc(S(=O)(=O)NCC(O)c2ccsc2)c1. The van der Waals surface area contributed by atoms with Gasteiger partial charge in [-0.05, 0) is 34.5 Å². The number of methoxy groups -OCH3 is 1. The van der Waals surface area contributed by atoms with Crippen molar-refractivity contribution in [2.24, 2.45) is 0 Å². The molecule has 0 fully saturated rings. The fraction of sp³-hybridized carbons (Fsp3) is 0.231. The summed E-state index contributed by atoms with van der Waals surface area (Å²) in [6.07, 6.45) is -0.860. The van der Waals surface area contributed by atoms with E-state index in [1.54, 1.807) is 23.6 Å². The lowest BCUT2D eigenvalue weighted by molar-refractivity contribution is 0.182. The van der Waals surface area contributed by atoms with E-state index >= 15 is 0 Å². The Bertz CT molecular complexity index is 653. The summed E-state index contributed by atoms with van der Waals surface area (Å²) in [5, 5.41) is 13.5. The van der Waals surface area contributed by atoms with Crippen molar-refractivity contribution in [2.45, 2.75) is 11.0 Å². The summed E-state index contributed by atoms with van der Waals surface area (Å²) in [6.45, 7) is -0.0731. The van der Waals surface area contributed by atoms with Crippen LogP contribution in [0.1, 0.15) is 11.7 Å². The van der Waals surface area contributed by atoms with Gasteiger partial charge in [0.25, 0.3) is 0 Å². The molecule has 1 aromatic carbocycles. The third-order valence-corrected chi connectivity index (χ3v) is 4.87. The molecule has 0 aliphatic heterocycles. The number of sulfonamides is 1. The second-order valence-corrected chi connectivity index (χ2v) is 6.65. The molecule has 2 N–H and O–H groups in total. The summed E-state index contributed by atoms with van der Waals surface area (Å²) in [5.74, 6) is 0.464. The number of aliphatic hydroxyl groups excluding tert-OH is 1. The highest BCUT2D eigenvalue weighted by Gasteiger charge is 2.17. The lowest BCUT2D eigenvalue weighted by atomic mass is 10.2. The smallest absolute Gasteiger partial charge is 0.240 e. The maximum absolute atomic E-state index is 12.1. The molecule has 1 heterocycles. The quantitative estimate of drug-likeness (QED) is 0.852. The van der Waals surface area contributed by atoms with Crippen LogP contribution in [-0.4, -0.2) is 27.2 Å². The van der Waals surface area contributed by atoms with E-state index in [1.807, 2.05) is 5.38 Å². The number of hydrogen-bond acceptors (Lipinski definition) is 5. The molecule has 0 spiro atoms. The minimum atomic E-state index is -3.67. The van der Waals surface area contributed by atoms with Gasteiger partial charge in [0.05, 0.1) is 18.1 Å². The van der Waals surface area contributed by atoms with Crippen LogP contribution in [0, 0.1) is 0 Å². The molecule has 108 valence electrons. The third kappa shape index (κ3) is 3.57. The van der Waals surface area contributed by atoms with Crippen molar-refractivity contribution < 1.29 is 18.3 Å². The van der Waals surface area contributed by atoms with Gasteiger partial charge in [0.2, 0.25) is 10.0 Å². The lowest BCUT2D eigenvalue weighted by Crippen LogP contribution is -2.28. The summed E-state index contributed by atoms with van der Waals surface area (Å²) in [7, 11) is -2.19. The van der Waals surface area contributed by atoms with Crippen LogP contribution in [0.2, 0.25) is 0 Å². The Morgan fingerprint density at radius 3 is 2.85 bits per heavy atom. The Morgan fingerprint density at radius 1 is 1.40 bits per heavy atom. The zero-order valence-corrected chi connectivity index (χ0v) is 12.4. The van der Waals surface area contributed by atoms with E-state index in [0.29, 0.717) is 11.3 Å². The van der Waals surface area contributed by atoms with Crippen LogP contribution in [0.3, 0.4) is 0 Å². The second kappa shape index (κ2) is 6.36. The number of benzene rings is 1. The average molecular weight is 313 g/mol. The number of aliphatic hydroxyl groups is 1. The number of nitrogens with one attached hydrogen (secondary N) is 1. The van der Waals surface area contributed by atoms with Crippen LogP contribution in [0.5, 0.6) is 5.75 Å². The number of ether oxygens (including phenoxy) is 1. The van der Waals surface area contributed by atoms with Gasteiger partial charge in [-0.3, -0.25) is 0 Å². The van der Waals surface area contributed by atoms with Crippen molar-refractivity contribution in [3.63, 3.8) is 0 Å². The predicted molar refractivity (Wildman–Crippen MR) is 77.5 cm³/mol. The monoisotopic (exact) mass is 313 g/mol. The Balaban J connectivity index is 2.07. The minimum Gasteiger partial charge on any atom is -0.497 e. The maximum Gasteiger partial charge on any atom is 0.240 e. The molecule has 1 atom stereocenters. The van der Waals surface area contributed by atoms with Gasteiger partial charge in [0, 0.05) is 12.6 Å². The normalized spacial score (nSPS) is 13.1. The summed E-state index contributed by atoms with van der Waals surface area (Å²) in [6, 6.07) is 7.93. The van der Waals surface area contributed by atoms with Crippen LogP contribution in [0.4, 0.5) is 0 Å². The summed E-state index contributed by atoms with van der Waals surface area (Å²) >= 11 is 1.45. The van der Waals surface area contributed by atoms with Gasteiger partial charge in [0.1, 0.15) is 5.75 Å². The maximum atomic E-state index is 12.1. The van der Waals surface area contributed by atoms with Crippen molar-refractivity contribution in [1.29, 1.82) is 0 Å². The second-order valence-electron chi connectivity index (χ2n) is 4.10. The van der Waals surface area contributed by atoms with E-state index in [0.717, 1.165) is 0 Å². The number of thiophene rings is 1. The minimum absolute atomic E-state index is 0.0731. The van der Waals surface area contributed by atoms with E-state index in [4.69, 9.17) is 4.74 Å². The van der Waals surface area contributed by atoms with Gasteiger partial charge < -0.3 is 9.84 Å². The molecule has 0 amide bonds. The van der Waals surface area contributed by atoms with Gasteiger partial charge in [-0.2, -0.15) is 11.3 Å². The Morgan fingerprint density at radius 2 is 2.20 bits per heavy atom. The zero-order chi connectivity index (χ0) is 14.6. The van der Waals surface area contributed by atoms with Crippen LogP contribution < -0.4 is 9.46 Å². The van der Waals surface area contributed by atoms with E-state index in [-0.39, 0.29) is 11.4 Å². The fourth-order valence-electron chi connectivity index (χ4n) is 1.62. The van der Waals surface area contributed by atoms with E-state index in [9.17, 15) is 13.5 Å². The van der Waals surface area contributed by atoms with Gasteiger partial charge in [-0.25, -0.2) is 13.1 Å². The van der Waals surface area contributed by atoms with Crippen molar-refractivity contribution >= 4 is 21.4 Å². The average Bonchev–Trinajstić information content (AvgIpc) is 2.99. The van der Waals surface area contributed by atoms with E-state index in [1.165, 1.54) is 30.6 Å². The molecule has 0 bridgehead atoms. The standard InChI is InChI=1S/C13H15NO4S2/c1-18-11-3-2-4-12(7-11)20(16,17)14-8-13(15)10-5-6-19-9-10/h2-7,9,13-15H,8H2,1H3. The van der Waals surface area contributed by atoms with Gasteiger partial charge >= 0.3 is 0 Å². The molecule has 2 aromatic rings.